The molecule has 2 heterocycles. The highest BCUT2D eigenvalue weighted by molar-refractivity contribution is 6.14. The molecule has 0 aliphatic carbocycles. The summed E-state index contributed by atoms with van der Waals surface area (Å²) in [6, 6.07) is 15.1. The zero-order valence-corrected chi connectivity index (χ0v) is 16.0. The Kier molecular flexibility index (Phi) is 4.59. The third kappa shape index (κ3) is 3.25. The molecule has 2 amide bonds. The second kappa shape index (κ2) is 7.23. The molecule has 8 nitrogen and oxygen atoms in total. The molecule has 29 heavy (non-hydrogen) atoms. The van der Waals surface area contributed by atoms with E-state index in [2.05, 4.69) is 19.9 Å². The van der Waals surface area contributed by atoms with Crippen molar-refractivity contribution in [1.82, 2.24) is 19.9 Å². The maximum absolute atomic E-state index is 13.6. The number of carbonyl (C=O) groups excluding carboxylic acids is 2. The maximum atomic E-state index is 13.6. The second-order valence-corrected chi connectivity index (χ2v) is 6.92. The number of para-hydroxylation sites is 3. The summed E-state index contributed by atoms with van der Waals surface area (Å²) in [5.74, 6) is -0.775. The molecule has 146 valence electrons. The van der Waals surface area contributed by atoms with Crippen LogP contribution in [0.25, 0.3) is 11.0 Å². The van der Waals surface area contributed by atoms with Gasteiger partial charge in [0.1, 0.15) is 5.69 Å². The number of anilines is 2. The number of benzene rings is 2. The summed E-state index contributed by atoms with van der Waals surface area (Å²) in [7, 11) is 0. The predicted octanol–water partition coefficient (Wildman–Crippen LogP) is 3.49. The molecule has 0 unspecified atom stereocenters. The van der Waals surface area contributed by atoms with Crippen molar-refractivity contribution in [2.24, 2.45) is 5.73 Å². The zero-order valence-electron chi connectivity index (χ0n) is 16.0. The first-order chi connectivity index (χ1) is 14.0. The van der Waals surface area contributed by atoms with Crippen molar-refractivity contribution in [3.05, 3.63) is 71.8 Å². The SMILES string of the molecule is CC(C)c1ccccc1N(C(=O)c1nc[nH]c1C(N)=O)c1nc2ccccc2[nH]1. The number of fused-ring (bicyclic) bond motifs is 1. The Hall–Kier alpha value is -3.94. The van der Waals surface area contributed by atoms with Crippen LogP contribution in [0.15, 0.2) is 54.9 Å². The monoisotopic (exact) mass is 388 g/mol. The summed E-state index contributed by atoms with van der Waals surface area (Å²) in [5.41, 5.74) is 8.43. The van der Waals surface area contributed by atoms with Gasteiger partial charge in [0.25, 0.3) is 11.8 Å². The quantitative estimate of drug-likeness (QED) is 0.484. The average molecular weight is 388 g/mol. The minimum atomic E-state index is -0.757. The highest BCUT2D eigenvalue weighted by atomic mass is 16.2. The van der Waals surface area contributed by atoms with Crippen LogP contribution in [0.5, 0.6) is 0 Å². The van der Waals surface area contributed by atoms with E-state index in [1.807, 2.05) is 62.4 Å². The van der Waals surface area contributed by atoms with Gasteiger partial charge in [-0.3, -0.25) is 9.59 Å². The number of H-pyrrole nitrogens is 2. The molecule has 0 saturated heterocycles. The van der Waals surface area contributed by atoms with Crippen LogP contribution in [-0.2, 0) is 0 Å². The molecule has 4 rings (SSSR count). The zero-order chi connectivity index (χ0) is 20.5. The predicted molar refractivity (Wildman–Crippen MR) is 110 cm³/mol. The van der Waals surface area contributed by atoms with Crippen LogP contribution in [0.3, 0.4) is 0 Å². The first-order valence-corrected chi connectivity index (χ1v) is 9.18. The highest BCUT2D eigenvalue weighted by Crippen LogP contribution is 2.33. The van der Waals surface area contributed by atoms with E-state index in [0.717, 1.165) is 16.6 Å². The minimum Gasteiger partial charge on any atom is -0.364 e. The van der Waals surface area contributed by atoms with Crippen molar-refractivity contribution < 1.29 is 9.59 Å². The number of carbonyl (C=O) groups is 2. The van der Waals surface area contributed by atoms with Gasteiger partial charge in [-0.05, 0) is 29.7 Å². The summed E-state index contributed by atoms with van der Waals surface area (Å²) < 4.78 is 0. The van der Waals surface area contributed by atoms with E-state index >= 15 is 0 Å². The van der Waals surface area contributed by atoms with Crippen molar-refractivity contribution in [2.45, 2.75) is 19.8 Å². The Morgan fingerprint density at radius 2 is 1.79 bits per heavy atom. The van der Waals surface area contributed by atoms with E-state index in [-0.39, 0.29) is 17.3 Å². The van der Waals surface area contributed by atoms with Gasteiger partial charge < -0.3 is 15.7 Å². The van der Waals surface area contributed by atoms with Gasteiger partial charge in [0.2, 0.25) is 5.95 Å². The lowest BCUT2D eigenvalue weighted by atomic mass is 10.0. The van der Waals surface area contributed by atoms with E-state index < -0.39 is 11.8 Å². The molecule has 0 aliphatic rings. The van der Waals surface area contributed by atoms with Crippen molar-refractivity contribution in [3.63, 3.8) is 0 Å². The first-order valence-electron chi connectivity index (χ1n) is 9.18. The normalized spacial score (nSPS) is 11.1. The van der Waals surface area contributed by atoms with Gasteiger partial charge in [0.05, 0.1) is 23.0 Å². The smallest absolute Gasteiger partial charge is 0.286 e. The van der Waals surface area contributed by atoms with E-state index in [1.165, 1.54) is 11.2 Å². The van der Waals surface area contributed by atoms with E-state index in [9.17, 15) is 9.59 Å². The molecule has 0 atom stereocenters. The van der Waals surface area contributed by atoms with Gasteiger partial charge >= 0.3 is 0 Å². The Labute approximate surface area is 166 Å². The molecule has 2 aromatic carbocycles. The van der Waals surface area contributed by atoms with Crippen LogP contribution in [0.2, 0.25) is 0 Å². The standard InChI is InChI=1S/C21H20N6O2/c1-12(2)13-7-3-6-10-16(13)27(20(29)18-17(19(22)28)23-11-24-18)21-25-14-8-4-5-9-15(14)26-21/h3-12H,1-2H3,(H2,22,28)(H,23,24)(H,25,26). The van der Waals surface area contributed by atoms with Gasteiger partial charge in [-0.15, -0.1) is 0 Å². The number of nitrogens with one attached hydrogen (secondary N) is 2. The van der Waals surface area contributed by atoms with Gasteiger partial charge in [-0.1, -0.05) is 44.2 Å². The Morgan fingerprint density at radius 3 is 2.52 bits per heavy atom. The number of nitrogens with two attached hydrogens (primary N) is 1. The third-order valence-electron chi connectivity index (χ3n) is 4.68. The van der Waals surface area contributed by atoms with Gasteiger partial charge in [-0.2, -0.15) is 0 Å². The van der Waals surface area contributed by atoms with Crippen LogP contribution in [0, 0.1) is 0 Å². The maximum Gasteiger partial charge on any atom is 0.286 e. The van der Waals surface area contributed by atoms with E-state index in [0.29, 0.717) is 11.6 Å². The molecule has 4 N–H and O–H groups in total. The number of aromatic nitrogens is 4. The number of aromatic amines is 2. The van der Waals surface area contributed by atoms with Gasteiger partial charge in [0.15, 0.2) is 5.69 Å². The number of hydrogen-bond acceptors (Lipinski definition) is 4. The molecular weight excluding hydrogens is 368 g/mol. The minimum absolute atomic E-state index is 0.0434. The molecule has 0 aliphatic heterocycles. The number of primary amides is 1. The highest BCUT2D eigenvalue weighted by Gasteiger charge is 2.30. The van der Waals surface area contributed by atoms with Gasteiger partial charge in [-0.25, -0.2) is 14.9 Å². The van der Waals surface area contributed by atoms with E-state index in [1.54, 1.807) is 0 Å². The number of rotatable bonds is 5. The summed E-state index contributed by atoms with van der Waals surface area (Å²) in [6.45, 7) is 4.09. The second-order valence-electron chi connectivity index (χ2n) is 6.92. The molecule has 0 saturated carbocycles. The summed E-state index contributed by atoms with van der Waals surface area (Å²) in [5, 5.41) is 0. The molecule has 0 radical (unpaired) electrons. The first kappa shape index (κ1) is 18.4. The molecule has 2 aromatic heterocycles. The lowest BCUT2D eigenvalue weighted by molar-refractivity contribution is 0.0961. The summed E-state index contributed by atoms with van der Waals surface area (Å²) in [6.07, 6.45) is 1.28. The average Bonchev–Trinajstić information content (AvgIpc) is 3.35. The van der Waals surface area contributed by atoms with Crippen LogP contribution in [0.1, 0.15) is 46.3 Å². The van der Waals surface area contributed by atoms with Crippen molar-refractivity contribution in [2.75, 3.05) is 4.90 Å². The van der Waals surface area contributed by atoms with Crippen molar-refractivity contribution >= 4 is 34.5 Å². The number of imidazole rings is 2. The van der Waals surface area contributed by atoms with Crippen LogP contribution >= 0.6 is 0 Å². The largest absolute Gasteiger partial charge is 0.364 e. The third-order valence-corrected chi connectivity index (χ3v) is 4.68. The Morgan fingerprint density at radius 1 is 1.07 bits per heavy atom. The fraction of sp³-hybridized carbons (Fsp3) is 0.143. The number of amides is 2. The summed E-state index contributed by atoms with van der Waals surface area (Å²) in [4.78, 5) is 41.2. The Balaban J connectivity index is 1.93. The molecular formula is C21H20N6O2. The number of nitrogens with zero attached hydrogens (tertiary/aromatic N) is 3. The van der Waals surface area contributed by atoms with Crippen LogP contribution in [-0.4, -0.2) is 31.8 Å². The summed E-state index contributed by atoms with van der Waals surface area (Å²) >= 11 is 0. The lowest BCUT2D eigenvalue weighted by Crippen LogP contribution is -2.30. The molecule has 8 heteroatoms. The Bertz CT molecular complexity index is 1170. The fourth-order valence-corrected chi connectivity index (χ4v) is 3.29. The number of hydrogen-bond donors (Lipinski definition) is 3. The van der Waals surface area contributed by atoms with Crippen molar-refractivity contribution in [3.8, 4) is 0 Å². The fourth-order valence-electron chi connectivity index (χ4n) is 3.29. The molecule has 0 fully saturated rings. The lowest BCUT2D eigenvalue weighted by Gasteiger charge is -2.24. The van der Waals surface area contributed by atoms with Crippen molar-refractivity contribution in [1.29, 1.82) is 0 Å². The van der Waals surface area contributed by atoms with Crippen LogP contribution < -0.4 is 10.6 Å². The molecule has 4 aromatic rings. The van der Waals surface area contributed by atoms with Gasteiger partial charge in [0, 0.05) is 0 Å². The van der Waals surface area contributed by atoms with Crippen LogP contribution in [0.4, 0.5) is 11.6 Å². The molecule has 0 bridgehead atoms. The molecule has 0 spiro atoms. The van der Waals surface area contributed by atoms with E-state index in [4.69, 9.17) is 5.73 Å². The topological polar surface area (TPSA) is 121 Å².